The van der Waals surface area contributed by atoms with Gasteiger partial charge in [-0.1, -0.05) is 42.8 Å². The highest BCUT2D eigenvalue weighted by Crippen LogP contribution is 2.29. The van der Waals surface area contributed by atoms with Crippen LogP contribution in [0.5, 0.6) is 0 Å². The van der Waals surface area contributed by atoms with Crippen LogP contribution < -0.4 is 10.6 Å². The molecule has 132 valence electrons. The number of carbonyl (C=O) groups is 2. The highest BCUT2D eigenvalue weighted by molar-refractivity contribution is 6.07. The van der Waals surface area contributed by atoms with E-state index in [1.807, 2.05) is 6.92 Å². The molecule has 25 heavy (non-hydrogen) atoms. The zero-order valence-corrected chi connectivity index (χ0v) is 14.3. The molecule has 1 aromatic heterocycles. The average molecular weight is 344 g/mol. The molecule has 1 saturated heterocycles. The van der Waals surface area contributed by atoms with Gasteiger partial charge in [0.05, 0.1) is 0 Å². The molecule has 0 spiro atoms. The average Bonchev–Trinajstić information content (AvgIpc) is 3.14. The third-order valence-corrected chi connectivity index (χ3v) is 4.39. The van der Waals surface area contributed by atoms with Gasteiger partial charge in [0.15, 0.2) is 0 Å². The Labute approximate surface area is 144 Å². The quantitative estimate of drug-likeness (QED) is 0.712. The van der Waals surface area contributed by atoms with Crippen molar-refractivity contribution in [3.8, 4) is 11.4 Å². The zero-order valence-electron chi connectivity index (χ0n) is 14.3. The summed E-state index contributed by atoms with van der Waals surface area (Å²) >= 11 is 0. The summed E-state index contributed by atoms with van der Waals surface area (Å²) in [6.45, 7) is 5.23. The number of hydrogen-bond acceptors (Lipinski definition) is 6. The van der Waals surface area contributed by atoms with E-state index in [9.17, 15) is 14.7 Å². The molecule has 3 rings (SSSR count). The van der Waals surface area contributed by atoms with Gasteiger partial charge < -0.3 is 14.9 Å². The summed E-state index contributed by atoms with van der Waals surface area (Å²) in [6, 6.07) is 6.40. The number of amides is 3. The van der Waals surface area contributed by atoms with E-state index < -0.39 is 23.1 Å². The Morgan fingerprint density at radius 1 is 1.28 bits per heavy atom. The second-order valence-corrected chi connectivity index (χ2v) is 6.56. The van der Waals surface area contributed by atoms with E-state index in [2.05, 4.69) is 20.8 Å². The molecular weight excluding hydrogens is 324 g/mol. The minimum absolute atomic E-state index is 0.169. The van der Waals surface area contributed by atoms with Crippen LogP contribution in [0.3, 0.4) is 0 Å². The second-order valence-electron chi connectivity index (χ2n) is 6.56. The van der Waals surface area contributed by atoms with Crippen molar-refractivity contribution < 1.29 is 19.2 Å². The van der Waals surface area contributed by atoms with E-state index in [0.717, 1.165) is 6.42 Å². The first-order chi connectivity index (χ1) is 11.8. The van der Waals surface area contributed by atoms with Gasteiger partial charge in [-0.25, -0.2) is 4.79 Å². The van der Waals surface area contributed by atoms with Crippen LogP contribution in [0.4, 0.5) is 4.79 Å². The van der Waals surface area contributed by atoms with Crippen molar-refractivity contribution in [1.82, 2.24) is 20.8 Å². The van der Waals surface area contributed by atoms with Gasteiger partial charge in [0.1, 0.15) is 11.1 Å². The molecule has 1 aromatic carbocycles. The van der Waals surface area contributed by atoms with E-state index >= 15 is 0 Å². The van der Waals surface area contributed by atoms with Crippen LogP contribution in [-0.2, 0) is 15.9 Å². The van der Waals surface area contributed by atoms with E-state index in [4.69, 9.17) is 4.52 Å². The zero-order chi connectivity index (χ0) is 18.2. The maximum Gasteiger partial charge on any atom is 0.322 e. The van der Waals surface area contributed by atoms with Crippen LogP contribution >= 0.6 is 0 Å². The van der Waals surface area contributed by atoms with E-state index in [-0.39, 0.29) is 5.89 Å². The monoisotopic (exact) mass is 344 g/mol. The van der Waals surface area contributed by atoms with Crippen LogP contribution in [0.25, 0.3) is 11.4 Å². The molecule has 2 heterocycles. The minimum atomic E-state index is -1.17. The van der Waals surface area contributed by atoms with Crippen molar-refractivity contribution in [1.29, 1.82) is 0 Å². The van der Waals surface area contributed by atoms with Crippen molar-refractivity contribution in [2.75, 3.05) is 0 Å². The number of imide groups is 1. The standard InChI is InChI=1S/C17H20N4O4/c1-4-9-16(2,24)14-18-12(21-25-14)10-5-7-11(8-6-10)17(3)13(22)19-15(23)20-17/h5-8,24H,4,9H2,1-3H3,(H2,19,20,22,23). The maximum atomic E-state index is 12.0. The van der Waals surface area contributed by atoms with Crippen LogP contribution in [0.1, 0.15) is 45.1 Å². The molecule has 1 aliphatic heterocycles. The van der Waals surface area contributed by atoms with E-state index in [1.54, 1.807) is 38.1 Å². The lowest BCUT2D eigenvalue weighted by Gasteiger charge is -2.21. The molecule has 1 fully saturated rings. The van der Waals surface area contributed by atoms with Gasteiger partial charge in [0.2, 0.25) is 5.82 Å². The summed E-state index contributed by atoms with van der Waals surface area (Å²) in [6.07, 6.45) is 1.30. The first-order valence-corrected chi connectivity index (χ1v) is 8.07. The molecule has 1 aliphatic rings. The second kappa shape index (κ2) is 5.96. The molecule has 2 aromatic rings. The first kappa shape index (κ1) is 17.1. The van der Waals surface area contributed by atoms with Crippen LogP contribution in [0, 0.1) is 0 Å². The van der Waals surface area contributed by atoms with Crippen molar-refractivity contribution in [3.05, 3.63) is 35.7 Å². The van der Waals surface area contributed by atoms with Gasteiger partial charge in [-0.15, -0.1) is 0 Å². The predicted molar refractivity (Wildman–Crippen MR) is 88.2 cm³/mol. The summed E-state index contributed by atoms with van der Waals surface area (Å²) in [7, 11) is 0. The summed E-state index contributed by atoms with van der Waals surface area (Å²) in [5.41, 5.74) is -0.955. The Balaban J connectivity index is 1.85. The Morgan fingerprint density at radius 2 is 1.96 bits per heavy atom. The molecule has 2 unspecified atom stereocenters. The van der Waals surface area contributed by atoms with Gasteiger partial charge >= 0.3 is 6.03 Å². The lowest BCUT2D eigenvalue weighted by Crippen LogP contribution is -2.40. The molecule has 8 nitrogen and oxygen atoms in total. The predicted octanol–water partition coefficient (Wildman–Crippen LogP) is 1.80. The summed E-state index contributed by atoms with van der Waals surface area (Å²) in [4.78, 5) is 27.6. The molecule has 2 atom stereocenters. The molecule has 0 saturated carbocycles. The summed E-state index contributed by atoms with van der Waals surface area (Å²) in [5, 5.41) is 19.1. The topological polar surface area (TPSA) is 117 Å². The van der Waals surface area contributed by atoms with Crippen molar-refractivity contribution >= 4 is 11.9 Å². The lowest BCUT2D eigenvalue weighted by molar-refractivity contribution is -0.123. The molecule has 3 N–H and O–H groups in total. The molecule has 0 bridgehead atoms. The van der Waals surface area contributed by atoms with Gasteiger partial charge in [0.25, 0.3) is 11.8 Å². The van der Waals surface area contributed by atoms with E-state index in [1.165, 1.54) is 0 Å². The largest absolute Gasteiger partial charge is 0.380 e. The fourth-order valence-electron chi connectivity index (χ4n) is 2.85. The number of benzene rings is 1. The Bertz CT molecular complexity index is 812. The maximum absolute atomic E-state index is 12.0. The number of carbonyl (C=O) groups excluding carboxylic acids is 2. The number of urea groups is 1. The SMILES string of the molecule is CCCC(C)(O)c1nc(-c2ccc(C3(C)NC(=O)NC3=O)cc2)no1. The highest BCUT2D eigenvalue weighted by Gasteiger charge is 2.43. The smallest absolute Gasteiger partial charge is 0.322 e. The highest BCUT2D eigenvalue weighted by atomic mass is 16.5. The number of hydrogen-bond donors (Lipinski definition) is 3. The van der Waals surface area contributed by atoms with Crippen LogP contribution in [0.15, 0.2) is 28.8 Å². The van der Waals surface area contributed by atoms with Gasteiger partial charge in [0, 0.05) is 5.56 Å². The summed E-state index contributed by atoms with van der Waals surface area (Å²) < 4.78 is 5.19. The van der Waals surface area contributed by atoms with Gasteiger partial charge in [-0.05, 0) is 25.8 Å². The molecule has 3 amide bonds. The fraction of sp³-hybridized carbons (Fsp3) is 0.412. The lowest BCUT2D eigenvalue weighted by atomic mass is 9.91. The van der Waals surface area contributed by atoms with Crippen LogP contribution in [-0.4, -0.2) is 27.2 Å². The minimum Gasteiger partial charge on any atom is -0.380 e. The Kier molecular flexibility index (Phi) is 4.08. The normalized spacial score (nSPS) is 22.4. The molecular formula is C17H20N4O4. The molecule has 0 aliphatic carbocycles. The number of nitrogens with zero attached hydrogens (tertiary/aromatic N) is 2. The molecule has 8 heteroatoms. The van der Waals surface area contributed by atoms with Gasteiger partial charge in [-0.3, -0.25) is 10.1 Å². The Hall–Kier alpha value is -2.74. The number of aromatic nitrogens is 2. The van der Waals surface area contributed by atoms with Gasteiger partial charge in [-0.2, -0.15) is 4.98 Å². The number of rotatable bonds is 5. The van der Waals surface area contributed by atoms with Crippen molar-refractivity contribution in [3.63, 3.8) is 0 Å². The van der Waals surface area contributed by atoms with E-state index in [0.29, 0.717) is 23.4 Å². The fourth-order valence-corrected chi connectivity index (χ4v) is 2.85. The van der Waals surface area contributed by atoms with Crippen molar-refractivity contribution in [2.45, 2.75) is 44.8 Å². The first-order valence-electron chi connectivity index (χ1n) is 8.07. The number of aliphatic hydroxyl groups is 1. The third-order valence-electron chi connectivity index (χ3n) is 4.39. The van der Waals surface area contributed by atoms with Crippen LogP contribution in [0.2, 0.25) is 0 Å². The summed E-state index contributed by atoms with van der Waals surface area (Å²) in [5.74, 6) is 0.119. The third kappa shape index (κ3) is 3.00. The number of nitrogens with one attached hydrogen (secondary N) is 2. The Morgan fingerprint density at radius 3 is 2.52 bits per heavy atom. The molecule has 0 radical (unpaired) electrons. The van der Waals surface area contributed by atoms with Crippen molar-refractivity contribution in [2.24, 2.45) is 0 Å².